The molecule has 0 radical (unpaired) electrons. The Morgan fingerprint density at radius 3 is 1.88 bits per heavy atom. The van der Waals surface area contributed by atoms with Crippen LogP contribution in [-0.4, -0.2) is 34.5 Å². The van der Waals surface area contributed by atoms with Gasteiger partial charge in [-0.05, 0) is 25.5 Å². The Morgan fingerprint density at radius 2 is 1.35 bits per heavy atom. The highest BCUT2D eigenvalue weighted by Crippen LogP contribution is 2.14. The summed E-state index contributed by atoms with van der Waals surface area (Å²) in [4.78, 5) is 33.0. The highest BCUT2D eigenvalue weighted by Gasteiger charge is 2.16. The van der Waals surface area contributed by atoms with Gasteiger partial charge in [0, 0.05) is 17.5 Å². The fourth-order valence-electron chi connectivity index (χ4n) is 2.21. The number of carboxylic acid groups (broad SMARTS) is 2. The van der Waals surface area contributed by atoms with Crippen molar-refractivity contribution in [3.63, 3.8) is 0 Å². The van der Waals surface area contributed by atoms with Crippen molar-refractivity contribution in [1.29, 1.82) is 0 Å². The van der Waals surface area contributed by atoms with E-state index in [4.69, 9.17) is 15.9 Å². The standard InChI is InChI=1S/C14H10O3.C6H13NO2/c15-13(10-6-2-1-3-7-10)11-8-4-5-9-12(11)14(16)17;7-5-3-1-2-4-6(8)9/h1-9H,(H,16,17);1-5,7H2,(H,8,9). The number of unbranched alkanes of at least 4 members (excludes halogenated alkanes) is 2. The minimum Gasteiger partial charge on any atom is -0.481 e. The summed E-state index contributed by atoms with van der Waals surface area (Å²) in [5.74, 6) is -2.08. The number of carbonyl (C=O) groups excluding carboxylic acids is 1. The van der Waals surface area contributed by atoms with Crippen molar-refractivity contribution < 1.29 is 24.6 Å². The van der Waals surface area contributed by atoms with Crippen LogP contribution in [0.1, 0.15) is 52.0 Å². The monoisotopic (exact) mass is 357 g/mol. The van der Waals surface area contributed by atoms with E-state index in [9.17, 15) is 14.4 Å². The molecular formula is C20H23NO5. The molecule has 6 heteroatoms. The van der Waals surface area contributed by atoms with Crippen LogP contribution in [-0.2, 0) is 4.79 Å². The van der Waals surface area contributed by atoms with Crippen molar-refractivity contribution in [3.05, 3.63) is 71.3 Å². The van der Waals surface area contributed by atoms with E-state index in [-0.39, 0.29) is 23.3 Å². The zero-order valence-electron chi connectivity index (χ0n) is 14.4. The summed E-state index contributed by atoms with van der Waals surface area (Å²) >= 11 is 0. The molecule has 0 spiro atoms. The second-order valence-corrected chi connectivity index (χ2v) is 5.54. The second-order valence-electron chi connectivity index (χ2n) is 5.54. The Balaban J connectivity index is 0.000000321. The predicted molar refractivity (Wildman–Crippen MR) is 98.4 cm³/mol. The molecule has 0 amide bonds. The van der Waals surface area contributed by atoms with Gasteiger partial charge in [0.25, 0.3) is 0 Å². The average molecular weight is 357 g/mol. The Bertz CT molecular complexity index is 728. The quantitative estimate of drug-likeness (QED) is 0.493. The number of aromatic carboxylic acids is 1. The molecule has 0 fully saturated rings. The summed E-state index contributed by atoms with van der Waals surface area (Å²) in [6.07, 6.45) is 2.91. The summed E-state index contributed by atoms with van der Waals surface area (Å²) in [6, 6.07) is 14.8. The number of aliphatic carboxylic acids is 1. The van der Waals surface area contributed by atoms with E-state index in [1.165, 1.54) is 12.1 Å². The van der Waals surface area contributed by atoms with Gasteiger partial charge in [-0.25, -0.2) is 4.79 Å². The molecule has 0 aliphatic heterocycles. The molecule has 6 nitrogen and oxygen atoms in total. The van der Waals surface area contributed by atoms with E-state index in [1.807, 2.05) is 0 Å². The zero-order valence-corrected chi connectivity index (χ0v) is 14.4. The van der Waals surface area contributed by atoms with E-state index in [0.717, 1.165) is 19.3 Å². The molecule has 0 bridgehead atoms. The summed E-state index contributed by atoms with van der Waals surface area (Å²) in [5, 5.41) is 17.2. The maximum Gasteiger partial charge on any atom is 0.336 e. The maximum absolute atomic E-state index is 12.1. The van der Waals surface area contributed by atoms with E-state index < -0.39 is 11.9 Å². The van der Waals surface area contributed by atoms with E-state index in [2.05, 4.69) is 0 Å². The van der Waals surface area contributed by atoms with Crippen molar-refractivity contribution in [2.45, 2.75) is 25.7 Å². The van der Waals surface area contributed by atoms with Gasteiger partial charge < -0.3 is 15.9 Å². The Labute approximate surface area is 152 Å². The lowest BCUT2D eigenvalue weighted by atomic mass is 9.98. The molecule has 2 aromatic carbocycles. The number of hydrogen-bond acceptors (Lipinski definition) is 4. The fourth-order valence-corrected chi connectivity index (χ4v) is 2.21. The SMILES string of the molecule is NCCCCCC(=O)O.O=C(O)c1ccccc1C(=O)c1ccccc1. The number of benzene rings is 2. The van der Waals surface area contributed by atoms with Crippen molar-refractivity contribution in [1.82, 2.24) is 0 Å². The van der Waals surface area contributed by atoms with Crippen molar-refractivity contribution in [3.8, 4) is 0 Å². The first-order valence-electron chi connectivity index (χ1n) is 8.31. The highest BCUT2D eigenvalue weighted by atomic mass is 16.4. The Hall–Kier alpha value is -2.99. The minimum absolute atomic E-state index is 0.0290. The maximum atomic E-state index is 12.1. The van der Waals surface area contributed by atoms with Gasteiger partial charge in [-0.1, -0.05) is 55.0 Å². The molecule has 2 aromatic rings. The molecule has 0 aliphatic rings. The molecule has 0 aromatic heterocycles. The number of hydrogen-bond donors (Lipinski definition) is 3. The molecule has 138 valence electrons. The third-order valence-corrected chi connectivity index (χ3v) is 3.53. The first kappa shape index (κ1) is 21.1. The average Bonchev–Trinajstić information content (AvgIpc) is 2.65. The number of nitrogens with two attached hydrogens (primary N) is 1. The minimum atomic E-state index is -1.09. The van der Waals surface area contributed by atoms with Crippen molar-refractivity contribution in [2.75, 3.05) is 6.54 Å². The smallest absolute Gasteiger partial charge is 0.336 e. The van der Waals surface area contributed by atoms with Crippen LogP contribution in [0.5, 0.6) is 0 Å². The molecule has 0 unspecified atom stereocenters. The largest absolute Gasteiger partial charge is 0.481 e. The van der Waals surface area contributed by atoms with Gasteiger partial charge in [0.2, 0.25) is 0 Å². The summed E-state index contributed by atoms with van der Waals surface area (Å²) in [5.41, 5.74) is 5.93. The predicted octanol–water partition coefficient (Wildman–Crippen LogP) is 3.21. The fraction of sp³-hybridized carbons (Fsp3) is 0.250. The van der Waals surface area contributed by atoms with Crippen LogP contribution < -0.4 is 5.73 Å². The third-order valence-electron chi connectivity index (χ3n) is 3.53. The van der Waals surface area contributed by atoms with Gasteiger partial charge in [-0.3, -0.25) is 9.59 Å². The van der Waals surface area contributed by atoms with Gasteiger partial charge in [0.05, 0.1) is 5.56 Å². The van der Waals surface area contributed by atoms with Gasteiger partial charge in [-0.2, -0.15) is 0 Å². The van der Waals surface area contributed by atoms with Crippen LogP contribution in [0.15, 0.2) is 54.6 Å². The lowest BCUT2D eigenvalue weighted by Gasteiger charge is -2.04. The highest BCUT2D eigenvalue weighted by molar-refractivity contribution is 6.14. The normalized spacial score (nSPS) is 9.73. The molecule has 2 rings (SSSR count). The van der Waals surface area contributed by atoms with Crippen LogP contribution in [0.3, 0.4) is 0 Å². The Morgan fingerprint density at radius 1 is 0.769 bits per heavy atom. The summed E-state index contributed by atoms with van der Waals surface area (Å²) in [7, 11) is 0. The second kappa shape index (κ2) is 11.5. The van der Waals surface area contributed by atoms with Crippen LogP contribution in [0.25, 0.3) is 0 Å². The Kier molecular flexibility index (Phi) is 9.35. The first-order chi connectivity index (χ1) is 12.5. The molecule has 0 heterocycles. The lowest BCUT2D eigenvalue weighted by molar-refractivity contribution is -0.137. The van der Waals surface area contributed by atoms with Crippen LogP contribution >= 0.6 is 0 Å². The van der Waals surface area contributed by atoms with Gasteiger partial charge in [0.1, 0.15) is 0 Å². The van der Waals surface area contributed by atoms with Crippen LogP contribution in [0.4, 0.5) is 0 Å². The molecule has 0 saturated heterocycles. The summed E-state index contributed by atoms with van der Waals surface area (Å²) in [6.45, 7) is 0.666. The van der Waals surface area contributed by atoms with Crippen molar-refractivity contribution in [2.24, 2.45) is 5.73 Å². The van der Waals surface area contributed by atoms with E-state index in [1.54, 1.807) is 42.5 Å². The molecule has 0 aliphatic carbocycles. The van der Waals surface area contributed by atoms with Gasteiger partial charge in [0.15, 0.2) is 5.78 Å². The third kappa shape index (κ3) is 7.27. The number of carbonyl (C=O) groups is 3. The molecule has 0 saturated carbocycles. The zero-order chi connectivity index (χ0) is 19.4. The lowest BCUT2D eigenvalue weighted by Crippen LogP contribution is -2.09. The number of ketones is 1. The van der Waals surface area contributed by atoms with E-state index >= 15 is 0 Å². The molecule has 4 N–H and O–H groups in total. The summed E-state index contributed by atoms with van der Waals surface area (Å²) < 4.78 is 0. The van der Waals surface area contributed by atoms with Crippen LogP contribution in [0, 0.1) is 0 Å². The van der Waals surface area contributed by atoms with Gasteiger partial charge in [-0.15, -0.1) is 0 Å². The van der Waals surface area contributed by atoms with E-state index in [0.29, 0.717) is 12.1 Å². The molecular weight excluding hydrogens is 334 g/mol. The van der Waals surface area contributed by atoms with Crippen molar-refractivity contribution >= 4 is 17.7 Å². The first-order valence-corrected chi connectivity index (χ1v) is 8.31. The van der Waals surface area contributed by atoms with Crippen LogP contribution in [0.2, 0.25) is 0 Å². The number of rotatable bonds is 8. The molecule has 26 heavy (non-hydrogen) atoms. The van der Waals surface area contributed by atoms with Gasteiger partial charge >= 0.3 is 11.9 Å². The molecule has 0 atom stereocenters. The topological polar surface area (TPSA) is 118 Å². The number of carboxylic acids is 2.